The van der Waals surface area contributed by atoms with Crippen LogP contribution in [-0.4, -0.2) is 16.3 Å². The van der Waals surface area contributed by atoms with Gasteiger partial charge in [0.25, 0.3) is 0 Å². The molecule has 1 heterocycles. The third-order valence-corrected chi connectivity index (χ3v) is 3.94. The van der Waals surface area contributed by atoms with Gasteiger partial charge in [0.1, 0.15) is 0 Å². The second kappa shape index (κ2) is 5.66. The van der Waals surface area contributed by atoms with Crippen LogP contribution >= 0.6 is 0 Å². The maximum atomic E-state index is 4.64. The van der Waals surface area contributed by atoms with Crippen molar-refractivity contribution in [3.05, 3.63) is 17.5 Å². The summed E-state index contributed by atoms with van der Waals surface area (Å²) in [6.07, 6.45) is 5.65. The van der Waals surface area contributed by atoms with Crippen LogP contribution in [0, 0.1) is 11.3 Å². The SMILES string of the molecule is CCCNC1CC(C)(C)Cc2c1cnn2CC(C)C. The summed E-state index contributed by atoms with van der Waals surface area (Å²) in [5.41, 5.74) is 3.26. The molecule has 0 fully saturated rings. The van der Waals surface area contributed by atoms with Crippen molar-refractivity contribution >= 4 is 0 Å². The molecular weight excluding hydrogens is 234 g/mol. The minimum atomic E-state index is 0.368. The number of rotatable bonds is 5. The van der Waals surface area contributed by atoms with Gasteiger partial charge in [0.05, 0.1) is 6.20 Å². The Bertz CT molecular complexity index is 418. The zero-order chi connectivity index (χ0) is 14.0. The summed E-state index contributed by atoms with van der Waals surface area (Å²) in [4.78, 5) is 0. The molecule has 1 aliphatic rings. The highest BCUT2D eigenvalue weighted by atomic mass is 15.3. The van der Waals surface area contributed by atoms with E-state index in [-0.39, 0.29) is 0 Å². The minimum Gasteiger partial charge on any atom is -0.310 e. The molecule has 108 valence electrons. The Balaban J connectivity index is 2.26. The first-order chi connectivity index (χ1) is 8.93. The molecule has 1 aromatic rings. The van der Waals surface area contributed by atoms with E-state index in [2.05, 4.69) is 55.9 Å². The molecular formula is C16H29N3. The van der Waals surface area contributed by atoms with Gasteiger partial charge < -0.3 is 5.32 Å². The van der Waals surface area contributed by atoms with Crippen molar-refractivity contribution in [2.24, 2.45) is 11.3 Å². The summed E-state index contributed by atoms with van der Waals surface area (Å²) in [7, 11) is 0. The number of hydrogen-bond donors (Lipinski definition) is 1. The third-order valence-electron chi connectivity index (χ3n) is 3.94. The van der Waals surface area contributed by atoms with E-state index in [1.807, 2.05) is 0 Å². The van der Waals surface area contributed by atoms with Gasteiger partial charge in [0.15, 0.2) is 0 Å². The maximum absolute atomic E-state index is 4.64. The molecule has 1 unspecified atom stereocenters. The summed E-state index contributed by atoms with van der Waals surface area (Å²) >= 11 is 0. The molecule has 0 spiro atoms. The summed E-state index contributed by atoms with van der Waals surface area (Å²) < 4.78 is 2.24. The fraction of sp³-hybridized carbons (Fsp3) is 0.812. The Morgan fingerprint density at radius 3 is 2.84 bits per heavy atom. The highest BCUT2D eigenvalue weighted by Gasteiger charge is 2.34. The molecule has 19 heavy (non-hydrogen) atoms. The fourth-order valence-corrected chi connectivity index (χ4v) is 3.10. The van der Waals surface area contributed by atoms with Gasteiger partial charge in [-0.1, -0.05) is 34.6 Å². The summed E-state index contributed by atoms with van der Waals surface area (Å²) in [6, 6.07) is 0.486. The van der Waals surface area contributed by atoms with Crippen LogP contribution in [-0.2, 0) is 13.0 Å². The monoisotopic (exact) mass is 263 g/mol. The molecule has 0 aromatic carbocycles. The quantitative estimate of drug-likeness (QED) is 0.880. The zero-order valence-electron chi connectivity index (χ0n) is 13.2. The van der Waals surface area contributed by atoms with E-state index in [0.717, 1.165) is 19.5 Å². The summed E-state index contributed by atoms with van der Waals surface area (Å²) in [5, 5.41) is 8.33. The number of aromatic nitrogens is 2. The lowest BCUT2D eigenvalue weighted by molar-refractivity contribution is 0.249. The van der Waals surface area contributed by atoms with E-state index in [1.165, 1.54) is 24.1 Å². The van der Waals surface area contributed by atoms with E-state index in [9.17, 15) is 0 Å². The first-order valence-electron chi connectivity index (χ1n) is 7.71. The molecule has 3 nitrogen and oxygen atoms in total. The van der Waals surface area contributed by atoms with Crippen molar-refractivity contribution in [2.75, 3.05) is 6.54 Å². The van der Waals surface area contributed by atoms with Crippen LogP contribution in [0.1, 0.15) is 64.8 Å². The van der Waals surface area contributed by atoms with E-state index in [4.69, 9.17) is 0 Å². The normalized spacial score (nSPS) is 21.7. The van der Waals surface area contributed by atoms with E-state index in [0.29, 0.717) is 17.4 Å². The number of nitrogens with one attached hydrogen (secondary N) is 1. The number of nitrogens with zero attached hydrogens (tertiary/aromatic N) is 2. The van der Waals surface area contributed by atoms with Gasteiger partial charge >= 0.3 is 0 Å². The largest absolute Gasteiger partial charge is 0.310 e. The highest BCUT2D eigenvalue weighted by molar-refractivity contribution is 5.27. The number of fused-ring (bicyclic) bond motifs is 1. The average molecular weight is 263 g/mol. The van der Waals surface area contributed by atoms with Crippen LogP contribution in [0.4, 0.5) is 0 Å². The molecule has 0 amide bonds. The van der Waals surface area contributed by atoms with Crippen molar-refractivity contribution in [2.45, 2.75) is 66.5 Å². The second-order valence-electron chi connectivity index (χ2n) is 7.17. The van der Waals surface area contributed by atoms with Crippen LogP contribution in [0.3, 0.4) is 0 Å². The van der Waals surface area contributed by atoms with Crippen molar-refractivity contribution in [3.8, 4) is 0 Å². The van der Waals surface area contributed by atoms with Crippen LogP contribution in [0.2, 0.25) is 0 Å². The molecule has 1 atom stereocenters. The first kappa shape index (κ1) is 14.6. The van der Waals surface area contributed by atoms with Gasteiger partial charge in [-0.25, -0.2) is 0 Å². The third kappa shape index (κ3) is 3.38. The molecule has 0 saturated carbocycles. The van der Waals surface area contributed by atoms with E-state index < -0.39 is 0 Å². The standard InChI is InChI=1S/C16H29N3/c1-6-7-17-14-8-16(4,5)9-15-13(14)10-18-19(15)11-12(2)3/h10,12,14,17H,6-9,11H2,1-5H3. The Morgan fingerprint density at radius 1 is 1.47 bits per heavy atom. The Labute approximate surface area is 117 Å². The van der Waals surface area contributed by atoms with Gasteiger partial charge in [-0.2, -0.15) is 5.10 Å². The molecule has 0 aliphatic heterocycles. The van der Waals surface area contributed by atoms with Crippen LogP contribution in [0.15, 0.2) is 6.20 Å². The lowest BCUT2D eigenvalue weighted by atomic mass is 9.74. The van der Waals surface area contributed by atoms with Gasteiger partial charge in [0.2, 0.25) is 0 Å². The Kier molecular flexibility index (Phi) is 4.34. The Hall–Kier alpha value is -0.830. The molecule has 3 heteroatoms. The minimum absolute atomic E-state index is 0.368. The highest BCUT2D eigenvalue weighted by Crippen LogP contribution is 2.40. The summed E-state index contributed by atoms with van der Waals surface area (Å²) in [6.45, 7) is 13.6. The molecule has 1 aliphatic carbocycles. The second-order valence-corrected chi connectivity index (χ2v) is 7.17. The van der Waals surface area contributed by atoms with Gasteiger partial charge in [-0.3, -0.25) is 4.68 Å². The van der Waals surface area contributed by atoms with Crippen LogP contribution in [0.5, 0.6) is 0 Å². The van der Waals surface area contributed by atoms with Crippen LogP contribution in [0.25, 0.3) is 0 Å². The zero-order valence-corrected chi connectivity index (χ0v) is 13.2. The van der Waals surface area contributed by atoms with Gasteiger partial charge in [-0.05, 0) is 37.1 Å². The maximum Gasteiger partial charge on any atom is 0.0540 e. The lowest BCUT2D eigenvalue weighted by Gasteiger charge is -2.36. The number of hydrogen-bond acceptors (Lipinski definition) is 2. The fourth-order valence-electron chi connectivity index (χ4n) is 3.10. The van der Waals surface area contributed by atoms with Crippen molar-refractivity contribution in [3.63, 3.8) is 0 Å². The smallest absolute Gasteiger partial charge is 0.0540 e. The first-order valence-corrected chi connectivity index (χ1v) is 7.71. The average Bonchev–Trinajstić information content (AvgIpc) is 2.67. The molecule has 2 rings (SSSR count). The molecule has 0 radical (unpaired) electrons. The topological polar surface area (TPSA) is 29.9 Å². The lowest BCUT2D eigenvalue weighted by Crippen LogP contribution is -2.34. The van der Waals surface area contributed by atoms with E-state index >= 15 is 0 Å². The molecule has 1 aromatic heterocycles. The predicted molar refractivity (Wildman–Crippen MR) is 80.2 cm³/mol. The predicted octanol–water partition coefficient (Wildman–Crippen LogP) is 3.55. The summed E-state index contributed by atoms with van der Waals surface area (Å²) in [5.74, 6) is 0.649. The van der Waals surface area contributed by atoms with Crippen LogP contribution < -0.4 is 5.32 Å². The molecule has 0 saturated heterocycles. The molecule has 1 N–H and O–H groups in total. The van der Waals surface area contributed by atoms with Crippen molar-refractivity contribution < 1.29 is 0 Å². The van der Waals surface area contributed by atoms with E-state index in [1.54, 1.807) is 0 Å². The van der Waals surface area contributed by atoms with Crippen molar-refractivity contribution in [1.82, 2.24) is 15.1 Å². The van der Waals surface area contributed by atoms with Crippen molar-refractivity contribution in [1.29, 1.82) is 0 Å². The molecule has 0 bridgehead atoms. The van der Waals surface area contributed by atoms with Gasteiger partial charge in [0, 0.05) is 23.8 Å². The Morgan fingerprint density at radius 2 is 2.21 bits per heavy atom. The van der Waals surface area contributed by atoms with Gasteiger partial charge in [-0.15, -0.1) is 0 Å².